The van der Waals surface area contributed by atoms with Crippen molar-refractivity contribution in [3.63, 3.8) is 0 Å². The maximum Gasteiger partial charge on any atom is 0.0790 e. The first-order valence-electron chi connectivity index (χ1n) is 4.83. The van der Waals surface area contributed by atoms with Gasteiger partial charge in [-0.15, -0.1) is 0 Å². The van der Waals surface area contributed by atoms with Crippen molar-refractivity contribution in [3.8, 4) is 5.69 Å². The molecule has 0 fully saturated rings. The van der Waals surface area contributed by atoms with Crippen LogP contribution in [0.1, 0.15) is 18.5 Å². The number of rotatable bonds is 2. The van der Waals surface area contributed by atoms with Gasteiger partial charge in [-0.25, -0.2) is 4.68 Å². The van der Waals surface area contributed by atoms with E-state index in [0.29, 0.717) is 5.02 Å². The minimum Gasteiger partial charge on any atom is -0.324 e. The number of hydrogen-bond donors (Lipinski definition) is 1. The van der Waals surface area contributed by atoms with Crippen molar-refractivity contribution < 1.29 is 0 Å². The molecular formula is C11H11BrClN3. The fourth-order valence-corrected chi connectivity index (χ4v) is 2.33. The lowest BCUT2D eigenvalue weighted by Crippen LogP contribution is -2.06. The van der Waals surface area contributed by atoms with Gasteiger partial charge in [0, 0.05) is 16.7 Å². The van der Waals surface area contributed by atoms with Crippen molar-refractivity contribution in [2.24, 2.45) is 5.73 Å². The van der Waals surface area contributed by atoms with Crippen molar-refractivity contribution in [1.29, 1.82) is 0 Å². The molecule has 0 spiro atoms. The quantitative estimate of drug-likeness (QED) is 0.924. The lowest BCUT2D eigenvalue weighted by molar-refractivity contribution is 0.809. The molecule has 0 saturated carbocycles. The number of nitrogens with two attached hydrogens (primary N) is 1. The zero-order valence-corrected chi connectivity index (χ0v) is 11.0. The van der Waals surface area contributed by atoms with Crippen LogP contribution in [0.3, 0.4) is 0 Å². The van der Waals surface area contributed by atoms with E-state index in [0.717, 1.165) is 15.7 Å². The summed E-state index contributed by atoms with van der Waals surface area (Å²) in [7, 11) is 0. The van der Waals surface area contributed by atoms with Gasteiger partial charge in [0.15, 0.2) is 0 Å². The molecule has 1 aromatic carbocycles. The molecule has 16 heavy (non-hydrogen) atoms. The topological polar surface area (TPSA) is 43.8 Å². The average Bonchev–Trinajstić information content (AvgIpc) is 2.64. The molecule has 3 nitrogen and oxygen atoms in total. The van der Waals surface area contributed by atoms with Gasteiger partial charge in [-0.05, 0) is 24.6 Å². The van der Waals surface area contributed by atoms with Crippen LogP contribution in [0, 0.1) is 0 Å². The Morgan fingerprint density at radius 1 is 1.50 bits per heavy atom. The Balaban J connectivity index is 2.42. The first kappa shape index (κ1) is 11.6. The second kappa shape index (κ2) is 4.57. The van der Waals surface area contributed by atoms with Crippen molar-refractivity contribution in [2.75, 3.05) is 0 Å². The van der Waals surface area contributed by atoms with Crippen LogP contribution in [0.25, 0.3) is 5.69 Å². The summed E-state index contributed by atoms with van der Waals surface area (Å²) in [5.41, 5.74) is 7.85. The summed E-state index contributed by atoms with van der Waals surface area (Å²) >= 11 is 9.31. The first-order valence-corrected chi connectivity index (χ1v) is 6.00. The minimum absolute atomic E-state index is 0.00429. The summed E-state index contributed by atoms with van der Waals surface area (Å²) in [5, 5.41) is 4.75. The van der Waals surface area contributed by atoms with Gasteiger partial charge in [-0.3, -0.25) is 0 Å². The maximum absolute atomic E-state index is 5.83. The molecule has 1 heterocycles. The maximum atomic E-state index is 5.83. The van der Waals surface area contributed by atoms with Crippen LogP contribution in [-0.2, 0) is 0 Å². The van der Waals surface area contributed by atoms with E-state index < -0.39 is 0 Å². The highest BCUT2D eigenvalue weighted by Gasteiger charge is 2.07. The second-order valence-electron chi connectivity index (χ2n) is 3.60. The number of benzene rings is 1. The average molecular weight is 301 g/mol. The molecule has 0 saturated heterocycles. The van der Waals surface area contributed by atoms with E-state index >= 15 is 0 Å². The third-order valence-corrected chi connectivity index (χ3v) is 3.17. The molecule has 2 aromatic rings. The molecule has 0 aliphatic carbocycles. The highest BCUT2D eigenvalue weighted by atomic mass is 79.9. The number of aromatic nitrogens is 2. The Kier molecular flexibility index (Phi) is 3.33. The van der Waals surface area contributed by atoms with E-state index in [4.69, 9.17) is 17.3 Å². The van der Waals surface area contributed by atoms with Crippen LogP contribution in [0.2, 0.25) is 5.02 Å². The zero-order valence-electron chi connectivity index (χ0n) is 8.69. The molecule has 1 atom stereocenters. The van der Waals surface area contributed by atoms with Crippen LogP contribution in [0.4, 0.5) is 0 Å². The summed E-state index contributed by atoms with van der Waals surface area (Å²) in [6, 6.07) is 5.93. The summed E-state index contributed by atoms with van der Waals surface area (Å²) in [4.78, 5) is 0. The highest BCUT2D eigenvalue weighted by molar-refractivity contribution is 9.10. The molecule has 0 radical (unpaired) electrons. The van der Waals surface area contributed by atoms with Crippen LogP contribution < -0.4 is 5.73 Å². The third kappa shape index (κ3) is 2.29. The highest BCUT2D eigenvalue weighted by Crippen LogP contribution is 2.25. The molecule has 1 aromatic heterocycles. The standard InChI is InChI=1S/C11H11BrClN3/c1-7(14)10-3-2-9(4-11(10)12)16-6-8(13)5-15-16/h2-7H,14H2,1H3. The van der Waals surface area contributed by atoms with Gasteiger partial charge in [0.1, 0.15) is 0 Å². The first-order chi connectivity index (χ1) is 7.58. The summed E-state index contributed by atoms with van der Waals surface area (Å²) in [5.74, 6) is 0. The lowest BCUT2D eigenvalue weighted by atomic mass is 10.1. The minimum atomic E-state index is 0.00429. The van der Waals surface area contributed by atoms with Gasteiger partial charge < -0.3 is 5.73 Å². The summed E-state index contributed by atoms with van der Waals surface area (Å²) in [6.07, 6.45) is 3.36. The van der Waals surface area contributed by atoms with Gasteiger partial charge >= 0.3 is 0 Å². The van der Waals surface area contributed by atoms with Gasteiger partial charge in [0.05, 0.1) is 16.9 Å². The van der Waals surface area contributed by atoms with Crippen molar-refractivity contribution in [2.45, 2.75) is 13.0 Å². The van der Waals surface area contributed by atoms with Crippen LogP contribution >= 0.6 is 27.5 Å². The van der Waals surface area contributed by atoms with Gasteiger partial charge in [-0.1, -0.05) is 33.6 Å². The van der Waals surface area contributed by atoms with Crippen molar-refractivity contribution in [3.05, 3.63) is 45.7 Å². The smallest absolute Gasteiger partial charge is 0.0790 e. The number of hydrogen-bond acceptors (Lipinski definition) is 2. The molecule has 1 unspecified atom stereocenters. The van der Waals surface area contributed by atoms with Crippen LogP contribution in [0.5, 0.6) is 0 Å². The zero-order chi connectivity index (χ0) is 11.7. The predicted octanol–water partition coefficient (Wildman–Crippen LogP) is 3.31. The molecule has 0 bridgehead atoms. The Labute approximate surface area is 107 Å². The second-order valence-corrected chi connectivity index (χ2v) is 4.89. The molecule has 2 rings (SSSR count). The summed E-state index contributed by atoms with van der Waals surface area (Å²) in [6.45, 7) is 1.95. The van der Waals surface area contributed by atoms with E-state index in [1.54, 1.807) is 17.1 Å². The molecule has 5 heteroatoms. The van der Waals surface area contributed by atoms with Gasteiger partial charge in [0.2, 0.25) is 0 Å². The van der Waals surface area contributed by atoms with Crippen LogP contribution in [-0.4, -0.2) is 9.78 Å². The van der Waals surface area contributed by atoms with E-state index in [1.165, 1.54) is 0 Å². The lowest BCUT2D eigenvalue weighted by Gasteiger charge is -2.10. The van der Waals surface area contributed by atoms with E-state index in [-0.39, 0.29) is 6.04 Å². The van der Waals surface area contributed by atoms with Crippen molar-refractivity contribution >= 4 is 27.5 Å². The fourth-order valence-electron chi connectivity index (χ4n) is 1.47. The Bertz CT molecular complexity index is 508. The van der Waals surface area contributed by atoms with Gasteiger partial charge in [-0.2, -0.15) is 5.10 Å². The Morgan fingerprint density at radius 2 is 2.25 bits per heavy atom. The predicted molar refractivity (Wildman–Crippen MR) is 68.9 cm³/mol. The molecular weight excluding hydrogens is 289 g/mol. The summed E-state index contributed by atoms with van der Waals surface area (Å²) < 4.78 is 2.70. The van der Waals surface area contributed by atoms with E-state index in [9.17, 15) is 0 Å². The third-order valence-electron chi connectivity index (χ3n) is 2.29. The monoisotopic (exact) mass is 299 g/mol. The number of nitrogens with zero attached hydrogens (tertiary/aromatic N) is 2. The van der Waals surface area contributed by atoms with E-state index in [2.05, 4.69) is 21.0 Å². The molecule has 0 amide bonds. The largest absolute Gasteiger partial charge is 0.324 e. The van der Waals surface area contributed by atoms with Crippen LogP contribution in [0.15, 0.2) is 35.1 Å². The molecule has 0 aliphatic rings. The normalized spacial score (nSPS) is 12.8. The number of halogens is 2. The fraction of sp³-hybridized carbons (Fsp3) is 0.182. The van der Waals surface area contributed by atoms with Crippen molar-refractivity contribution in [1.82, 2.24) is 9.78 Å². The van der Waals surface area contributed by atoms with Gasteiger partial charge in [0.25, 0.3) is 0 Å². The molecule has 0 aliphatic heterocycles. The SMILES string of the molecule is CC(N)c1ccc(-n2cc(Cl)cn2)cc1Br. The molecule has 84 valence electrons. The Hall–Kier alpha value is -0.840. The Morgan fingerprint density at radius 3 is 2.75 bits per heavy atom. The molecule has 2 N–H and O–H groups in total. The van der Waals surface area contributed by atoms with E-state index in [1.807, 2.05) is 25.1 Å².